The summed E-state index contributed by atoms with van der Waals surface area (Å²) in [5.41, 5.74) is 5.74. The van der Waals surface area contributed by atoms with Gasteiger partial charge in [-0.2, -0.15) is 5.10 Å². The molecule has 1 aromatic carbocycles. The highest BCUT2D eigenvalue weighted by Gasteiger charge is 2.10. The average molecular weight is 278 g/mol. The smallest absolute Gasteiger partial charge is 0.273 e. The van der Waals surface area contributed by atoms with Gasteiger partial charge >= 0.3 is 0 Å². The fraction of sp³-hybridized carbons (Fsp3) is 0.0625. The highest BCUT2D eigenvalue weighted by molar-refractivity contribution is 6.07. The Bertz CT molecular complexity index is 805. The van der Waals surface area contributed by atoms with Crippen LogP contribution in [0.3, 0.4) is 0 Å². The molecule has 2 heterocycles. The number of nitrogens with one attached hydrogen (secondary N) is 2. The molecule has 0 aliphatic carbocycles. The number of aromatic amines is 1. The molecule has 0 radical (unpaired) electrons. The molecular formula is C16H14N4O. The van der Waals surface area contributed by atoms with Crippen LogP contribution in [0, 0.1) is 0 Å². The number of hydrazone groups is 1. The quantitative estimate of drug-likeness (QED) is 0.571. The Morgan fingerprint density at radius 2 is 1.95 bits per heavy atom. The van der Waals surface area contributed by atoms with E-state index in [1.807, 2.05) is 43.3 Å². The highest BCUT2D eigenvalue weighted by atomic mass is 16.2. The lowest BCUT2D eigenvalue weighted by atomic mass is 10.2. The van der Waals surface area contributed by atoms with Crippen molar-refractivity contribution >= 4 is 22.5 Å². The van der Waals surface area contributed by atoms with Gasteiger partial charge in [0.1, 0.15) is 0 Å². The largest absolute Gasteiger partial charge is 0.360 e. The first-order valence-electron chi connectivity index (χ1n) is 6.57. The van der Waals surface area contributed by atoms with E-state index in [0.29, 0.717) is 5.56 Å². The van der Waals surface area contributed by atoms with Crippen molar-refractivity contribution in [2.75, 3.05) is 0 Å². The maximum absolute atomic E-state index is 12.2. The second kappa shape index (κ2) is 5.58. The third-order valence-corrected chi connectivity index (χ3v) is 3.26. The Morgan fingerprint density at radius 3 is 2.76 bits per heavy atom. The van der Waals surface area contributed by atoms with E-state index in [4.69, 9.17) is 0 Å². The molecule has 0 aliphatic rings. The van der Waals surface area contributed by atoms with Crippen LogP contribution in [0.15, 0.2) is 60.1 Å². The highest BCUT2D eigenvalue weighted by Crippen LogP contribution is 2.17. The second-order valence-electron chi connectivity index (χ2n) is 4.62. The number of carbonyl (C=O) groups excluding carboxylic acids is 1. The minimum Gasteiger partial charge on any atom is -0.360 e. The molecule has 21 heavy (non-hydrogen) atoms. The molecule has 2 aromatic heterocycles. The number of fused-ring (bicyclic) bond motifs is 1. The molecule has 0 spiro atoms. The van der Waals surface area contributed by atoms with Gasteiger partial charge in [-0.05, 0) is 25.1 Å². The molecule has 0 unspecified atom stereocenters. The van der Waals surface area contributed by atoms with Crippen LogP contribution in [0.4, 0.5) is 0 Å². The van der Waals surface area contributed by atoms with E-state index in [1.54, 1.807) is 18.6 Å². The molecule has 2 N–H and O–H groups in total. The van der Waals surface area contributed by atoms with Crippen molar-refractivity contribution in [1.29, 1.82) is 0 Å². The van der Waals surface area contributed by atoms with Gasteiger partial charge in [0.15, 0.2) is 0 Å². The summed E-state index contributed by atoms with van der Waals surface area (Å²) in [6.45, 7) is 1.84. The lowest BCUT2D eigenvalue weighted by molar-refractivity contribution is 0.0956. The molecule has 104 valence electrons. The second-order valence-corrected chi connectivity index (χ2v) is 4.62. The van der Waals surface area contributed by atoms with Crippen LogP contribution >= 0.6 is 0 Å². The van der Waals surface area contributed by atoms with E-state index in [-0.39, 0.29) is 5.91 Å². The Balaban J connectivity index is 1.81. The van der Waals surface area contributed by atoms with Gasteiger partial charge in [0.25, 0.3) is 5.91 Å². The number of aromatic nitrogens is 2. The molecule has 0 aliphatic heterocycles. The minimum absolute atomic E-state index is 0.235. The molecular weight excluding hydrogens is 264 g/mol. The summed E-state index contributed by atoms with van der Waals surface area (Å²) >= 11 is 0. The zero-order chi connectivity index (χ0) is 14.7. The van der Waals surface area contributed by atoms with Gasteiger partial charge in [-0.1, -0.05) is 18.2 Å². The van der Waals surface area contributed by atoms with Crippen molar-refractivity contribution in [3.8, 4) is 0 Å². The first-order chi connectivity index (χ1) is 10.3. The van der Waals surface area contributed by atoms with E-state index in [2.05, 4.69) is 20.5 Å². The summed E-state index contributed by atoms with van der Waals surface area (Å²) in [7, 11) is 0. The van der Waals surface area contributed by atoms with Crippen molar-refractivity contribution in [2.45, 2.75) is 6.92 Å². The number of rotatable bonds is 3. The van der Waals surface area contributed by atoms with E-state index < -0.39 is 0 Å². The van der Waals surface area contributed by atoms with Crippen LogP contribution in [0.25, 0.3) is 10.9 Å². The zero-order valence-electron chi connectivity index (χ0n) is 11.5. The standard InChI is InChI=1S/C16H14N4O/c1-11(12-6-8-17-9-7-12)19-20-16(21)14-10-18-15-5-3-2-4-13(14)15/h2-10,18H,1H3,(H,20,21)/b19-11-. The minimum atomic E-state index is -0.235. The van der Waals surface area contributed by atoms with Gasteiger partial charge in [0, 0.05) is 35.1 Å². The molecule has 5 nitrogen and oxygen atoms in total. The number of benzene rings is 1. The molecule has 0 saturated heterocycles. The summed E-state index contributed by atoms with van der Waals surface area (Å²) in [6, 6.07) is 11.3. The van der Waals surface area contributed by atoms with Gasteiger partial charge in [0.2, 0.25) is 0 Å². The SMILES string of the molecule is C/C(=N/NC(=O)c1c[nH]c2ccccc12)c1ccncc1. The topological polar surface area (TPSA) is 70.1 Å². The summed E-state index contributed by atoms with van der Waals surface area (Å²) in [5, 5.41) is 5.01. The summed E-state index contributed by atoms with van der Waals surface area (Å²) < 4.78 is 0. The Morgan fingerprint density at radius 1 is 1.19 bits per heavy atom. The normalized spacial score (nSPS) is 11.6. The van der Waals surface area contributed by atoms with Crippen LogP contribution in [0.5, 0.6) is 0 Å². The van der Waals surface area contributed by atoms with Gasteiger partial charge < -0.3 is 4.98 Å². The molecule has 5 heteroatoms. The Kier molecular flexibility index (Phi) is 3.47. The van der Waals surface area contributed by atoms with Crippen molar-refractivity contribution in [2.24, 2.45) is 5.10 Å². The van der Waals surface area contributed by atoms with Crippen LogP contribution < -0.4 is 5.43 Å². The van der Waals surface area contributed by atoms with Gasteiger partial charge in [-0.25, -0.2) is 5.43 Å². The summed E-state index contributed by atoms with van der Waals surface area (Å²) in [4.78, 5) is 19.2. The Labute approximate surface area is 121 Å². The Hall–Kier alpha value is -2.95. The van der Waals surface area contributed by atoms with Crippen molar-refractivity contribution in [3.05, 3.63) is 66.1 Å². The number of nitrogens with zero attached hydrogens (tertiary/aromatic N) is 2. The number of carbonyl (C=O) groups is 1. The van der Waals surface area contributed by atoms with E-state index in [9.17, 15) is 4.79 Å². The van der Waals surface area contributed by atoms with Crippen LogP contribution in [0.1, 0.15) is 22.8 Å². The van der Waals surface area contributed by atoms with Gasteiger partial charge in [-0.15, -0.1) is 0 Å². The van der Waals surface area contributed by atoms with Crippen LogP contribution in [-0.2, 0) is 0 Å². The summed E-state index contributed by atoms with van der Waals surface area (Å²) in [5.74, 6) is -0.235. The molecule has 3 rings (SSSR count). The summed E-state index contributed by atoms with van der Waals surface area (Å²) in [6.07, 6.45) is 5.07. The maximum Gasteiger partial charge on any atom is 0.273 e. The fourth-order valence-corrected chi connectivity index (χ4v) is 2.11. The predicted octanol–water partition coefficient (Wildman–Crippen LogP) is 2.72. The lowest BCUT2D eigenvalue weighted by Crippen LogP contribution is -2.19. The number of pyridine rings is 1. The first kappa shape index (κ1) is 13.1. The van der Waals surface area contributed by atoms with Crippen LogP contribution in [0.2, 0.25) is 0 Å². The van der Waals surface area contributed by atoms with Crippen molar-refractivity contribution in [1.82, 2.24) is 15.4 Å². The number of H-pyrrole nitrogens is 1. The van der Waals surface area contributed by atoms with E-state index in [0.717, 1.165) is 22.2 Å². The number of hydrogen-bond acceptors (Lipinski definition) is 3. The van der Waals surface area contributed by atoms with Crippen molar-refractivity contribution < 1.29 is 4.79 Å². The number of hydrogen-bond donors (Lipinski definition) is 2. The third-order valence-electron chi connectivity index (χ3n) is 3.26. The molecule has 3 aromatic rings. The molecule has 0 atom stereocenters. The van der Waals surface area contributed by atoms with E-state index in [1.165, 1.54) is 0 Å². The maximum atomic E-state index is 12.2. The predicted molar refractivity (Wildman–Crippen MR) is 82.2 cm³/mol. The molecule has 0 bridgehead atoms. The number of para-hydroxylation sites is 1. The third kappa shape index (κ3) is 2.67. The zero-order valence-corrected chi connectivity index (χ0v) is 11.5. The van der Waals surface area contributed by atoms with Crippen LogP contribution in [-0.4, -0.2) is 21.6 Å². The number of amides is 1. The molecule has 0 fully saturated rings. The van der Waals surface area contributed by atoms with Gasteiger partial charge in [0.05, 0.1) is 11.3 Å². The fourth-order valence-electron chi connectivity index (χ4n) is 2.11. The molecule has 1 amide bonds. The monoisotopic (exact) mass is 278 g/mol. The lowest BCUT2D eigenvalue weighted by Gasteiger charge is -2.02. The molecule has 0 saturated carbocycles. The first-order valence-corrected chi connectivity index (χ1v) is 6.57. The van der Waals surface area contributed by atoms with Gasteiger partial charge in [-0.3, -0.25) is 9.78 Å². The van der Waals surface area contributed by atoms with Crippen molar-refractivity contribution in [3.63, 3.8) is 0 Å². The average Bonchev–Trinajstić information content (AvgIpc) is 2.97. The van der Waals surface area contributed by atoms with E-state index >= 15 is 0 Å².